The number of carboxylic acid groups (broad SMARTS) is 1. The number of carbonyl (C=O) groups excluding carboxylic acids is 2. The predicted octanol–water partition coefficient (Wildman–Crippen LogP) is 2.54. The van der Waals surface area contributed by atoms with Crippen LogP contribution in [0.1, 0.15) is 30.1 Å². The summed E-state index contributed by atoms with van der Waals surface area (Å²) in [4.78, 5) is 34.0. The topological polar surface area (TPSA) is 108 Å². The molecule has 0 atom stereocenters. The maximum Gasteiger partial charge on any atom is 0.490 e. The van der Waals surface area contributed by atoms with E-state index in [4.69, 9.17) is 14.6 Å². The van der Waals surface area contributed by atoms with Gasteiger partial charge in [-0.1, -0.05) is 6.07 Å². The van der Waals surface area contributed by atoms with Crippen LogP contribution in [0.4, 0.5) is 26.7 Å². The zero-order chi connectivity index (χ0) is 24.3. The van der Waals surface area contributed by atoms with Crippen molar-refractivity contribution in [3.63, 3.8) is 0 Å². The molecule has 13 heteroatoms. The number of nitrogens with zero attached hydrogens (tertiary/aromatic N) is 1. The van der Waals surface area contributed by atoms with E-state index in [0.29, 0.717) is 26.2 Å². The van der Waals surface area contributed by atoms with Crippen LogP contribution in [-0.2, 0) is 9.53 Å². The standard InChI is InChI=1S/C17H23F2N3O3.C2HF3O2/c1-2-25-17(24)22-10-6-12(7-11-22)20-8-9-21-16(23)15-13(18)4-3-5-14(15)19;3-2(4,5)1(6)7/h3-5,12,20H,2,6-11H2,1H3,(H,21,23);(H,6,7). The van der Waals surface area contributed by atoms with Crippen molar-refractivity contribution in [1.82, 2.24) is 15.5 Å². The molecule has 2 amide bonds. The summed E-state index contributed by atoms with van der Waals surface area (Å²) >= 11 is 0. The molecule has 1 aliphatic rings. The van der Waals surface area contributed by atoms with Crippen molar-refractivity contribution in [3.8, 4) is 0 Å². The van der Waals surface area contributed by atoms with E-state index in [1.165, 1.54) is 6.07 Å². The van der Waals surface area contributed by atoms with Crippen LogP contribution >= 0.6 is 0 Å². The number of alkyl halides is 3. The molecular weight excluding hydrogens is 445 g/mol. The number of aliphatic carboxylic acids is 1. The molecule has 1 aromatic rings. The van der Waals surface area contributed by atoms with Crippen LogP contribution in [0, 0.1) is 11.6 Å². The molecule has 0 bridgehead atoms. The lowest BCUT2D eigenvalue weighted by Crippen LogP contribution is -2.46. The average Bonchev–Trinajstić information content (AvgIpc) is 2.71. The maximum absolute atomic E-state index is 13.5. The van der Waals surface area contributed by atoms with E-state index in [2.05, 4.69) is 10.6 Å². The Bertz CT molecular complexity index is 763. The molecule has 1 aliphatic heterocycles. The van der Waals surface area contributed by atoms with E-state index in [1.54, 1.807) is 11.8 Å². The molecule has 0 spiro atoms. The fourth-order valence-electron chi connectivity index (χ4n) is 2.74. The van der Waals surface area contributed by atoms with E-state index in [1.807, 2.05) is 0 Å². The largest absolute Gasteiger partial charge is 0.490 e. The second kappa shape index (κ2) is 12.8. The lowest BCUT2D eigenvalue weighted by Gasteiger charge is -2.31. The summed E-state index contributed by atoms with van der Waals surface area (Å²) in [6.07, 6.45) is -3.80. The van der Waals surface area contributed by atoms with E-state index < -0.39 is 35.3 Å². The molecule has 0 unspecified atom stereocenters. The van der Waals surface area contributed by atoms with Crippen LogP contribution in [0.5, 0.6) is 0 Å². The van der Waals surface area contributed by atoms with Crippen molar-refractivity contribution in [1.29, 1.82) is 0 Å². The summed E-state index contributed by atoms with van der Waals surface area (Å²) in [6.45, 7) is 4.09. The van der Waals surface area contributed by atoms with Gasteiger partial charge in [-0.2, -0.15) is 13.2 Å². The van der Waals surface area contributed by atoms with Crippen molar-refractivity contribution >= 4 is 18.0 Å². The molecule has 32 heavy (non-hydrogen) atoms. The molecular formula is C19H24F5N3O5. The van der Waals surface area contributed by atoms with Crippen molar-refractivity contribution < 1.29 is 46.2 Å². The predicted molar refractivity (Wildman–Crippen MR) is 102 cm³/mol. The van der Waals surface area contributed by atoms with E-state index >= 15 is 0 Å². The van der Waals surface area contributed by atoms with Crippen molar-refractivity contribution in [3.05, 3.63) is 35.4 Å². The minimum Gasteiger partial charge on any atom is -0.475 e. The lowest BCUT2D eigenvalue weighted by molar-refractivity contribution is -0.192. The third-order valence-electron chi connectivity index (χ3n) is 4.30. The first-order chi connectivity index (χ1) is 15.0. The number of likely N-dealkylation sites (tertiary alicyclic amines) is 1. The highest BCUT2D eigenvalue weighted by Gasteiger charge is 2.38. The summed E-state index contributed by atoms with van der Waals surface area (Å²) in [5.74, 6) is -5.28. The highest BCUT2D eigenvalue weighted by atomic mass is 19.4. The van der Waals surface area contributed by atoms with Gasteiger partial charge in [0.25, 0.3) is 5.91 Å². The fraction of sp³-hybridized carbons (Fsp3) is 0.526. The second-order valence-corrected chi connectivity index (χ2v) is 6.57. The van der Waals surface area contributed by atoms with Crippen molar-refractivity contribution in [2.45, 2.75) is 32.0 Å². The van der Waals surface area contributed by atoms with Gasteiger partial charge < -0.3 is 25.4 Å². The van der Waals surface area contributed by atoms with Crippen molar-refractivity contribution in [2.24, 2.45) is 0 Å². The third kappa shape index (κ3) is 9.04. The lowest BCUT2D eigenvalue weighted by atomic mass is 10.1. The molecule has 0 radical (unpaired) electrons. The monoisotopic (exact) mass is 469 g/mol. The molecule has 1 saturated heterocycles. The fourth-order valence-corrected chi connectivity index (χ4v) is 2.74. The molecule has 0 saturated carbocycles. The Hall–Kier alpha value is -2.96. The first-order valence-corrected chi connectivity index (χ1v) is 9.64. The second-order valence-electron chi connectivity index (χ2n) is 6.57. The van der Waals surface area contributed by atoms with Crippen LogP contribution < -0.4 is 10.6 Å². The normalized spacial score (nSPS) is 14.2. The first kappa shape index (κ1) is 27.1. The molecule has 0 aromatic heterocycles. The Kier molecular flexibility index (Phi) is 10.8. The number of rotatable bonds is 6. The van der Waals surface area contributed by atoms with Gasteiger partial charge in [-0.05, 0) is 31.9 Å². The number of nitrogens with one attached hydrogen (secondary N) is 2. The zero-order valence-corrected chi connectivity index (χ0v) is 17.2. The van der Waals surface area contributed by atoms with Gasteiger partial charge in [-0.15, -0.1) is 0 Å². The van der Waals surface area contributed by atoms with Gasteiger partial charge in [0.05, 0.1) is 6.61 Å². The van der Waals surface area contributed by atoms with Gasteiger partial charge in [0.2, 0.25) is 0 Å². The van der Waals surface area contributed by atoms with Crippen LogP contribution in [0.25, 0.3) is 0 Å². The highest BCUT2D eigenvalue weighted by Crippen LogP contribution is 2.13. The Morgan fingerprint density at radius 1 is 1.12 bits per heavy atom. The molecule has 0 aliphatic carbocycles. The van der Waals surface area contributed by atoms with E-state index in [-0.39, 0.29) is 18.7 Å². The number of halogens is 5. The van der Waals surface area contributed by atoms with Crippen LogP contribution in [0.3, 0.4) is 0 Å². The van der Waals surface area contributed by atoms with Crippen LogP contribution in [0.15, 0.2) is 18.2 Å². The molecule has 1 fully saturated rings. The first-order valence-electron chi connectivity index (χ1n) is 9.64. The average molecular weight is 469 g/mol. The Labute approximate surface area is 180 Å². The van der Waals surface area contributed by atoms with E-state index in [9.17, 15) is 31.5 Å². The smallest absolute Gasteiger partial charge is 0.475 e. The Morgan fingerprint density at radius 2 is 1.66 bits per heavy atom. The summed E-state index contributed by atoms with van der Waals surface area (Å²) < 4.78 is 63.7. The summed E-state index contributed by atoms with van der Waals surface area (Å²) in [6, 6.07) is 3.54. The minimum absolute atomic E-state index is 0.229. The molecule has 1 heterocycles. The number of hydrogen-bond donors (Lipinski definition) is 3. The summed E-state index contributed by atoms with van der Waals surface area (Å²) in [5, 5.41) is 12.9. The SMILES string of the molecule is CCOC(=O)N1CCC(NCCNC(=O)c2c(F)cccc2F)CC1.O=C(O)C(F)(F)F. The summed E-state index contributed by atoms with van der Waals surface area (Å²) in [5.41, 5.74) is -0.565. The molecule has 8 nitrogen and oxygen atoms in total. The minimum atomic E-state index is -5.08. The molecule has 1 aromatic carbocycles. The number of ether oxygens (including phenoxy) is 1. The molecule has 3 N–H and O–H groups in total. The van der Waals surface area contributed by atoms with Gasteiger partial charge in [0.15, 0.2) is 0 Å². The third-order valence-corrected chi connectivity index (χ3v) is 4.30. The highest BCUT2D eigenvalue weighted by molar-refractivity contribution is 5.94. The van der Waals surface area contributed by atoms with Crippen LogP contribution in [0.2, 0.25) is 0 Å². The Morgan fingerprint density at radius 3 is 2.12 bits per heavy atom. The summed E-state index contributed by atoms with van der Waals surface area (Å²) in [7, 11) is 0. The van der Waals surface area contributed by atoms with Gasteiger partial charge in [0, 0.05) is 32.2 Å². The number of hydrogen-bond acceptors (Lipinski definition) is 5. The number of piperidine rings is 1. The van der Waals surface area contributed by atoms with Gasteiger partial charge in [-0.3, -0.25) is 4.79 Å². The number of benzene rings is 1. The zero-order valence-electron chi connectivity index (χ0n) is 17.2. The van der Waals surface area contributed by atoms with Gasteiger partial charge in [-0.25, -0.2) is 18.4 Å². The van der Waals surface area contributed by atoms with Crippen LogP contribution in [-0.4, -0.2) is 73.0 Å². The quantitative estimate of drug-likeness (QED) is 0.437. The number of carboxylic acids is 1. The Balaban J connectivity index is 0.000000633. The van der Waals surface area contributed by atoms with Crippen molar-refractivity contribution in [2.75, 3.05) is 32.8 Å². The van der Waals surface area contributed by atoms with Gasteiger partial charge >= 0.3 is 18.2 Å². The molecule has 180 valence electrons. The maximum atomic E-state index is 13.5. The number of carbonyl (C=O) groups is 3. The van der Waals surface area contributed by atoms with E-state index in [0.717, 1.165) is 25.0 Å². The number of amides is 2. The van der Waals surface area contributed by atoms with Gasteiger partial charge in [0.1, 0.15) is 17.2 Å². The molecule has 2 rings (SSSR count).